The van der Waals surface area contributed by atoms with Gasteiger partial charge in [0, 0.05) is 11.1 Å². The van der Waals surface area contributed by atoms with Gasteiger partial charge < -0.3 is 16.6 Å². The Morgan fingerprint density at radius 2 is 1.71 bits per heavy atom. The number of hydrogen-bond donors (Lipinski definition) is 3. The van der Waals surface area contributed by atoms with Crippen LogP contribution in [0.1, 0.15) is 53.6 Å². The van der Waals surface area contributed by atoms with E-state index in [2.05, 4.69) is 9.98 Å². The fraction of sp³-hybridized carbons (Fsp3) is 0.304. The summed E-state index contributed by atoms with van der Waals surface area (Å²) in [4.78, 5) is 35.7. The number of hydrogen-bond acceptors (Lipinski definition) is 7. The highest BCUT2D eigenvalue weighted by molar-refractivity contribution is 6.16. The van der Waals surface area contributed by atoms with E-state index in [1.165, 1.54) is 0 Å². The standard InChI is InChI=1S/C23H25N5O3/c24-21-26-22(25)28(23(27-21)12-5-2-6-13-23)19-16(14-18(29)30)10-7-11-17(19)20(31)15-8-3-1-4-9-15/h1,3-4,7-11H,2,5-6,12-14H2,(H,29,30)(H4,24,25,26,27). The molecular weight excluding hydrogens is 394 g/mol. The van der Waals surface area contributed by atoms with Crippen LogP contribution in [0.5, 0.6) is 0 Å². The van der Waals surface area contributed by atoms with E-state index in [4.69, 9.17) is 11.5 Å². The number of carbonyl (C=O) groups excluding carboxylic acids is 1. The van der Waals surface area contributed by atoms with Gasteiger partial charge in [-0.25, -0.2) is 4.99 Å². The molecule has 160 valence electrons. The molecule has 31 heavy (non-hydrogen) atoms. The Balaban J connectivity index is 1.94. The molecule has 0 aromatic heterocycles. The lowest BCUT2D eigenvalue weighted by Crippen LogP contribution is -2.59. The van der Waals surface area contributed by atoms with Crippen LogP contribution in [-0.2, 0) is 11.2 Å². The second kappa shape index (κ2) is 8.22. The van der Waals surface area contributed by atoms with Gasteiger partial charge in [0.25, 0.3) is 0 Å². The number of nitrogens with two attached hydrogens (primary N) is 2. The van der Waals surface area contributed by atoms with Gasteiger partial charge in [0.15, 0.2) is 5.78 Å². The molecule has 8 nitrogen and oxygen atoms in total. The summed E-state index contributed by atoms with van der Waals surface area (Å²) in [5, 5.41) is 9.53. The lowest BCUT2D eigenvalue weighted by molar-refractivity contribution is -0.136. The number of carboxylic acids is 1. The van der Waals surface area contributed by atoms with Crippen molar-refractivity contribution in [1.82, 2.24) is 0 Å². The van der Waals surface area contributed by atoms with Crippen LogP contribution in [0.4, 0.5) is 5.69 Å². The van der Waals surface area contributed by atoms with Crippen LogP contribution in [0, 0.1) is 0 Å². The van der Waals surface area contributed by atoms with Crippen LogP contribution >= 0.6 is 0 Å². The summed E-state index contributed by atoms with van der Waals surface area (Å²) in [6.07, 6.45) is 4.01. The molecule has 1 heterocycles. The number of carbonyl (C=O) groups is 2. The first-order valence-electron chi connectivity index (χ1n) is 10.3. The van der Waals surface area contributed by atoms with E-state index in [1.807, 2.05) is 6.07 Å². The Hall–Kier alpha value is -3.68. The number of rotatable bonds is 5. The van der Waals surface area contributed by atoms with Gasteiger partial charge in [-0.3, -0.25) is 14.5 Å². The highest BCUT2D eigenvalue weighted by Gasteiger charge is 2.44. The molecule has 2 aliphatic rings. The molecule has 8 heteroatoms. The normalized spacial score (nSPS) is 17.7. The molecule has 1 fully saturated rings. The van der Waals surface area contributed by atoms with E-state index in [0.29, 0.717) is 35.2 Å². The van der Waals surface area contributed by atoms with Crippen LogP contribution in [0.25, 0.3) is 0 Å². The summed E-state index contributed by atoms with van der Waals surface area (Å²) >= 11 is 0. The van der Waals surface area contributed by atoms with E-state index < -0.39 is 11.6 Å². The van der Waals surface area contributed by atoms with Crippen molar-refractivity contribution in [2.24, 2.45) is 21.5 Å². The number of carboxylic acid groups (broad SMARTS) is 1. The van der Waals surface area contributed by atoms with E-state index in [-0.39, 0.29) is 24.1 Å². The highest BCUT2D eigenvalue weighted by Crippen LogP contribution is 2.42. The van der Waals surface area contributed by atoms with Crippen LogP contribution in [0.15, 0.2) is 58.5 Å². The number of para-hydroxylation sites is 1. The van der Waals surface area contributed by atoms with Gasteiger partial charge in [-0.1, -0.05) is 48.9 Å². The first-order valence-corrected chi connectivity index (χ1v) is 10.3. The van der Waals surface area contributed by atoms with Crippen molar-refractivity contribution in [3.63, 3.8) is 0 Å². The fourth-order valence-corrected chi connectivity index (χ4v) is 4.53. The van der Waals surface area contributed by atoms with Gasteiger partial charge in [-0.05, 0) is 37.3 Å². The molecule has 0 amide bonds. The predicted octanol–water partition coefficient (Wildman–Crippen LogP) is 2.65. The van der Waals surface area contributed by atoms with Crippen LogP contribution in [0.2, 0.25) is 0 Å². The predicted molar refractivity (Wildman–Crippen MR) is 119 cm³/mol. The third-order valence-corrected chi connectivity index (χ3v) is 5.82. The largest absolute Gasteiger partial charge is 0.481 e. The van der Waals surface area contributed by atoms with Gasteiger partial charge in [-0.2, -0.15) is 4.99 Å². The lowest BCUT2D eigenvalue weighted by atomic mass is 9.85. The third kappa shape index (κ3) is 3.88. The van der Waals surface area contributed by atoms with E-state index >= 15 is 0 Å². The van der Waals surface area contributed by atoms with Crippen molar-refractivity contribution in [3.8, 4) is 0 Å². The van der Waals surface area contributed by atoms with Crippen molar-refractivity contribution in [2.45, 2.75) is 44.2 Å². The minimum Gasteiger partial charge on any atom is -0.481 e. The van der Waals surface area contributed by atoms with Crippen molar-refractivity contribution < 1.29 is 14.7 Å². The fourth-order valence-electron chi connectivity index (χ4n) is 4.53. The van der Waals surface area contributed by atoms with Gasteiger partial charge >= 0.3 is 5.97 Å². The van der Waals surface area contributed by atoms with Crippen LogP contribution in [0.3, 0.4) is 0 Å². The average molecular weight is 419 g/mol. The summed E-state index contributed by atoms with van der Waals surface area (Å²) < 4.78 is 0. The Bertz CT molecular complexity index is 1070. The number of nitrogens with zero attached hydrogens (tertiary/aromatic N) is 3. The minimum atomic E-state index is -1.00. The monoisotopic (exact) mass is 419 g/mol. The molecule has 1 aliphatic heterocycles. The Morgan fingerprint density at radius 3 is 2.39 bits per heavy atom. The van der Waals surface area contributed by atoms with E-state index in [1.54, 1.807) is 47.4 Å². The molecule has 0 bridgehead atoms. The first kappa shape index (κ1) is 20.6. The van der Waals surface area contributed by atoms with Crippen molar-refractivity contribution in [2.75, 3.05) is 4.90 Å². The topological polar surface area (TPSA) is 134 Å². The molecule has 1 aliphatic carbocycles. The maximum absolute atomic E-state index is 13.5. The van der Waals surface area contributed by atoms with E-state index in [0.717, 1.165) is 19.3 Å². The van der Waals surface area contributed by atoms with Gasteiger partial charge in [0.05, 0.1) is 12.1 Å². The summed E-state index contributed by atoms with van der Waals surface area (Å²) in [7, 11) is 0. The summed E-state index contributed by atoms with van der Waals surface area (Å²) in [6.45, 7) is 0. The highest BCUT2D eigenvalue weighted by atomic mass is 16.4. The summed E-state index contributed by atoms with van der Waals surface area (Å²) in [5.74, 6) is -1.00. The second-order valence-electron chi connectivity index (χ2n) is 7.90. The number of benzene rings is 2. The Labute approximate surface area is 180 Å². The molecule has 0 unspecified atom stereocenters. The van der Waals surface area contributed by atoms with E-state index in [9.17, 15) is 14.7 Å². The van der Waals surface area contributed by atoms with Crippen molar-refractivity contribution >= 4 is 29.4 Å². The number of aliphatic imine (C=N–C) groups is 2. The SMILES string of the molecule is NC1=NC2(CCCCC2)N(c2c(CC(=O)O)cccc2C(=O)c2ccccc2)C(N)=N1. The molecule has 0 atom stereocenters. The molecule has 4 rings (SSSR count). The lowest BCUT2D eigenvalue weighted by Gasteiger charge is -2.46. The zero-order valence-corrected chi connectivity index (χ0v) is 17.1. The third-order valence-electron chi connectivity index (χ3n) is 5.82. The van der Waals surface area contributed by atoms with Crippen molar-refractivity contribution in [3.05, 3.63) is 65.2 Å². The van der Waals surface area contributed by atoms with Crippen LogP contribution < -0.4 is 16.4 Å². The Morgan fingerprint density at radius 1 is 1.00 bits per heavy atom. The number of guanidine groups is 2. The maximum atomic E-state index is 13.5. The number of aliphatic carboxylic acids is 1. The first-order chi connectivity index (χ1) is 14.9. The molecule has 1 saturated carbocycles. The molecule has 1 spiro atoms. The molecular formula is C23H25N5O3. The van der Waals surface area contributed by atoms with Gasteiger partial charge in [-0.15, -0.1) is 0 Å². The molecule has 0 radical (unpaired) electrons. The molecule has 5 N–H and O–H groups in total. The van der Waals surface area contributed by atoms with Gasteiger partial charge in [0.1, 0.15) is 5.66 Å². The summed E-state index contributed by atoms with van der Waals surface area (Å²) in [5.41, 5.74) is 13.4. The van der Waals surface area contributed by atoms with Crippen molar-refractivity contribution in [1.29, 1.82) is 0 Å². The average Bonchev–Trinajstić information content (AvgIpc) is 2.74. The molecule has 2 aromatic rings. The summed E-state index contributed by atoms with van der Waals surface area (Å²) in [6, 6.07) is 14.0. The molecule has 0 saturated heterocycles. The maximum Gasteiger partial charge on any atom is 0.307 e. The Kier molecular flexibility index (Phi) is 5.46. The zero-order chi connectivity index (χ0) is 22.0. The number of anilines is 1. The van der Waals surface area contributed by atoms with Crippen LogP contribution in [-0.4, -0.2) is 34.4 Å². The molecule has 2 aromatic carbocycles. The van der Waals surface area contributed by atoms with Gasteiger partial charge in [0.2, 0.25) is 11.9 Å². The minimum absolute atomic E-state index is 0.0994. The quantitative estimate of drug-likeness (QED) is 0.638. The smallest absolute Gasteiger partial charge is 0.307 e. The second-order valence-corrected chi connectivity index (χ2v) is 7.90. The number of ketones is 1. The zero-order valence-electron chi connectivity index (χ0n) is 17.1.